The Kier molecular flexibility index (Phi) is 2.52. The molecule has 0 heterocycles. The Balaban J connectivity index is 2.63. The molecule has 0 spiro atoms. The van der Waals surface area contributed by atoms with E-state index in [1.165, 1.54) is 0 Å². The fourth-order valence-electron chi connectivity index (χ4n) is 1.63. The van der Waals surface area contributed by atoms with Gasteiger partial charge in [-0.3, -0.25) is 10.1 Å². The van der Waals surface area contributed by atoms with Gasteiger partial charge in [-0.1, -0.05) is 13.3 Å². The Morgan fingerprint density at radius 2 is 2.36 bits per heavy atom. The SMILES string of the molecule is CC1CCCC(Br)([N+](=O)[O-])C1. The molecule has 0 N–H and O–H groups in total. The molecule has 64 valence electrons. The van der Waals surface area contributed by atoms with Gasteiger partial charge in [-0.2, -0.15) is 0 Å². The molecule has 0 bridgehead atoms. The molecule has 3 nitrogen and oxygen atoms in total. The van der Waals surface area contributed by atoms with Gasteiger partial charge < -0.3 is 0 Å². The average molecular weight is 222 g/mol. The highest BCUT2D eigenvalue weighted by molar-refractivity contribution is 9.10. The molecule has 2 atom stereocenters. The van der Waals surface area contributed by atoms with Crippen molar-refractivity contribution >= 4 is 15.9 Å². The Labute approximate surface area is 74.4 Å². The molecule has 0 radical (unpaired) electrons. The maximum absolute atomic E-state index is 10.6. The van der Waals surface area contributed by atoms with Crippen molar-refractivity contribution in [1.29, 1.82) is 0 Å². The van der Waals surface area contributed by atoms with Crippen LogP contribution in [0.5, 0.6) is 0 Å². The van der Waals surface area contributed by atoms with Crippen LogP contribution >= 0.6 is 15.9 Å². The molecule has 1 fully saturated rings. The number of rotatable bonds is 1. The molecule has 0 aromatic rings. The molecule has 2 unspecified atom stereocenters. The van der Waals surface area contributed by atoms with Crippen LogP contribution < -0.4 is 0 Å². The van der Waals surface area contributed by atoms with E-state index in [1.54, 1.807) is 0 Å². The first kappa shape index (κ1) is 8.97. The van der Waals surface area contributed by atoms with Crippen molar-refractivity contribution in [2.75, 3.05) is 0 Å². The van der Waals surface area contributed by atoms with Gasteiger partial charge in [0.1, 0.15) is 0 Å². The zero-order chi connectivity index (χ0) is 8.48. The topological polar surface area (TPSA) is 43.1 Å². The van der Waals surface area contributed by atoms with E-state index < -0.39 is 4.45 Å². The largest absolute Gasteiger partial charge is 0.274 e. The summed E-state index contributed by atoms with van der Waals surface area (Å²) in [6.07, 6.45) is 3.43. The molecule has 1 rings (SSSR count). The minimum Gasteiger partial charge on any atom is -0.263 e. The predicted molar refractivity (Wildman–Crippen MR) is 46.3 cm³/mol. The van der Waals surface area contributed by atoms with Gasteiger partial charge in [0.25, 0.3) is 4.45 Å². The maximum Gasteiger partial charge on any atom is 0.274 e. The lowest BCUT2D eigenvalue weighted by Crippen LogP contribution is -2.36. The van der Waals surface area contributed by atoms with Gasteiger partial charge in [0.2, 0.25) is 0 Å². The van der Waals surface area contributed by atoms with Crippen LogP contribution in [-0.4, -0.2) is 9.37 Å². The second-order valence-electron chi connectivity index (χ2n) is 3.38. The monoisotopic (exact) mass is 221 g/mol. The molecule has 11 heavy (non-hydrogen) atoms. The molecule has 1 saturated carbocycles. The number of nitro groups is 1. The third-order valence-electron chi connectivity index (χ3n) is 2.25. The first-order valence-electron chi connectivity index (χ1n) is 3.88. The van der Waals surface area contributed by atoms with E-state index in [0.717, 1.165) is 12.8 Å². The zero-order valence-electron chi connectivity index (χ0n) is 6.55. The smallest absolute Gasteiger partial charge is 0.263 e. The summed E-state index contributed by atoms with van der Waals surface area (Å²) in [6, 6.07) is 0. The quantitative estimate of drug-likeness (QED) is 0.296. The van der Waals surface area contributed by atoms with Crippen LogP contribution in [0.2, 0.25) is 0 Å². The fourth-order valence-corrected chi connectivity index (χ4v) is 2.46. The summed E-state index contributed by atoms with van der Waals surface area (Å²) in [5, 5.41) is 10.6. The van der Waals surface area contributed by atoms with Gasteiger partial charge >= 0.3 is 0 Å². The van der Waals surface area contributed by atoms with Crippen molar-refractivity contribution in [3.05, 3.63) is 10.1 Å². The highest BCUT2D eigenvalue weighted by atomic mass is 79.9. The number of halogens is 1. The normalized spacial score (nSPS) is 38.5. The third-order valence-corrected chi connectivity index (χ3v) is 3.26. The second kappa shape index (κ2) is 3.09. The van der Waals surface area contributed by atoms with Crippen LogP contribution in [0.1, 0.15) is 32.6 Å². The lowest BCUT2D eigenvalue weighted by Gasteiger charge is -2.27. The van der Waals surface area contributed by atoms with Crippen molar-refractivity contribution in [3.63, 3.8) is 0 Å². The number of hydrogen-bond acceptors (Lipinski definition) is 2. The lowest BCUT2D eigenvalue weighted by atomic mass is 9.87. The van der Waals surface area contributed by atoms with Gasteiger partial charge in [0.15, 0.2) is 0 Å². The Morgan fingerprint density at radius 3 is 2.73 bits per heavy atom. The molecule has 1 aliphatic rings. The van der Waals surface area contributed by atoms with Crippen LogP contribution in [0.25, 0.3) is 0 Å². The molecule has 0 amide bonds. The van der Waals surface area contributed by atoms with Gasteiger partial charge in [-0.25, -0.2) is 0 Å². The number of alkyl halides is 1. The predicted octanol–water partition coefficient (Wildman–Crippen LogP) is 2.56. The molecule has 0 aliphatic heterocycles. The van der Waals surface area contributed by atoms with Crippen LogP contribution in [0.4, 0.5) is 0 Å². The second-order valence-corrected chi connectivity index (χ2v) is 4.85. The first-order valence-corrected chi connectivity index (χ1v) is 4.67. The van der Waals surface area contributed by atoms with Crippen molar-refractivity contribution in [2.45, 2.75) is 37.1 Å². The van der Waals surface area contributed by atoms with Crippen LogP contribution in [0.15, 0.2) is 0 Å². The van der Waals surface area contributed by atoms with Gasteiger partial charge in [-0.15, -0.1) is 0 Å². The summed E-state index contributed by atoms with van der Waals surface area (Å²) in [5.41, 5.74) is 0. The summed E-state index contributed by atoms with van der Waals surface area (Å²) in [7, 11) is 0. The fraction of sp³-hybridized carbons (Fsp3) is 1.00. The Bertz CT molecular complexity index is 174. The van der Waals surface area contributed by atoms with Gasteiger partial charge in [0.05, 0.1) is 0 Å². The van der Waals surface area contributed by atoms with E-state index in [0.29, 0.717) is 18.8 Å². The Morgan fingerprint density at radius 1 is 1.73 bits per heavy atom. The van der Waals surface area contributed by atoms with Gasteiger partial charge in [0, 0.05) is 33.7 Å². The molecule has 4 heteroatoms. The highest BCUT2D eigenvalue weighted by Crippen LogP contribution is 2.38. The van der Waals surface area contributed by atoms with E-state index in [2.05, 4.69) is 22.9 Å². The van der Waals surface area contributed by atoms with Crippen molar-refractivity contribution in [1.82, 2.24) is 0 Å². The molecule has 0 aromatic carbocycles. The Hall–Kier alpha value is -0.120. The molecule has 1 aliphatic carbocycles. The molecule has 0 saturated heterocycles. The lowest BCUT2D eigenvalue weighted by molar-refractivity contribution is -0.541. The summed E-state index contributed by atoms with van der Waals surface area (Å²) in [5.74, 6) is 0.480. The molecular formula is C7H12BrNO2. The maximum atomic E-state index is 10.6. The minimum atomic E-state index is -0.815. The zero-order valence-corrected chi connectivity index (χ0v) is 8.13. The average Bonchev–Trinajstić information content (AvgIpc) is 1.86. The van der Waals surface area contributed by atoms with Crippen molar-refractivity contribution < 1.29 is 4.92 Å². The van der Waals surface area contributed by atoms with Crippen molar-refractivity contribution in [2.24, 2.45) is 5.92 Å². The van der Waals surface area contributed by atoms with E-state index in [-0.39, 0.29) is 4.92 Å². The standard InChI is InChI=1S/C7H12BrNO2/c1-6-3-2-4-7(8,5-6)9(10)11/h6H,2-5H2,1H3. The van der Waals surface area contributed by atoms with Crippen LogP contribution in [-0.2, 0) is 0 Å². The number of hydrogen-bond donors (Lipinski definition) is 0. The first-order chi connectivity index (χ1) is 5.04. The van der Waals surface area contributed by atoms with Crippen molar-refractivity contribution in [3.8, 4) is 0 Å². The summed E-state index contributed by atoms with van der Waals surface area (Å²) < 4.78 is -0.815. The van der Waals surface area contributed by atoms with E-state index in [4.69, 9.17) is 0 Å². The number of nitrogens with zero attached hydrogens (tertiary/aromatic N) is 1. The van der Waals surface area contributed by atoms with Crippen LogP contribution in [0, 0.1) is 16.0 Å². The van der Waals surface area contributed by atoms with E-state index >= 15 is 0 Å². The van der Waals surface area contributed by atoms with E-state index in [1.807, 2.05) is 0 Å². The van der Waals surface area contributed by atoms with Gasteiger partial charge in [-0.05, 0) is 12.3 Å². The van der Waals surface area contributed by atoms with Crippen LogP contribution in [0.3, 0.4) is 0 Å². The molecular weight excluding hydrogens is 210 g/mol. The minimum absolute atomic E-state index is 0.192. The summed E-state index contributed by atoms with van der Waals surface area (Å²) in [4.78, 5) is 10.4. The molecule has 0 aromatic heterocycles. The third kappa shape index (κ3) is 1.92. The highest BCUT2D eigenvalue weighted by Gasteiger charge is 2.43. The summed E-state index contributed by atoms with van der Waals surface area (Å²) >= 11 is 3.20. The van der Waals surface area contributed by atoms with E-state index in [9.17, 15) is 10.1 Å². The summed E-state index contributed by atoms with van der Waals surface area (Å²) in [6.45, 7) is 2.07.